The van der Waals surface area contributed by atoms with Gasteiger partial charge in [0, 0.05) is 31.6 Å². The van der Waals surface area contributed by atoms with Crippen molar-refractivity contribution in [3.8, 4) is 11.5 Å². The van der Waals surface area contributed by atoms with Crippen molar-refractivity contribution in [1.82, 2.24) is 10.2 Å². The molecule has 9 nitrogen and oxygen atoms in total. The summed E-state index contributed by atoms with van der Waals surface area (Å²) >= 11 is 0. The van der Waals surface area contributed by atoms with E-state index in [1.807, 2.05) is 6.92 Å². The van der Waals surface area contributed by atoms with Gasteiger partial charge in [-0.2, -0.15) is 0 Å². The molecule has 1 atom stereocenters. The molecule has 2 amide bonds. The summed E-state index contributed by atoms with van der Waals surface area (Å²) in [5.74, 6) is 0.175. The molecular formula is C29H38FN3O6S. The predicted molar refractivity (Wildman–Crippen MR) is 150 cm³/mol. The number of hydrogen-bond donors (Lipinski definition) is 1. The summed E-state index contributed by atoms with van der Waals surface area (Å²) in [4.78, 5) is 28.4. The Labute approximate surface area is 235 Å². The number of anilines is 1. The second-order valence-electron chi connectivity index (χ2n) is 10.3. The van der Waals surface area contributed by atoms with E-state index in [4.69, 9.17) is 9.47 Å². The number of nitrogens with zero attached hydrogens (tertiary/aromatic N) is 2. The van der Waals surface area contributed by atoms with Crippen molar-refractivity contribution >= 4 is 27.5 Å². The number of benzene rings is 2. The molecule has 1 saturated carbocycles. The molecule has 0 saturated heterocycles. The molecule has 0 radical (unpaired) electrons. The molecule has 0 unspecified atom stereocenters. The van der Waals surface area contributed by atoms with Gasteiger partial charge in [0.25, 0.3) is 0 Å². The molecule has 2 aromatic carbocycles. The van der Waals surface area contributed by atoms with Crippen molar-refractivity contribution in [2.75, 3.05) is 30.3 Å². The standard InChI is InChI=1S/C29H38FN3O6S/c1-3-25(29(35)31-23-7-4-5-8-23)32(20-21-10-12-22(30)13-11-21)28(34)9-6-16-33(40(2,36)37)24-14-15-26-27(19-24)39-18-17-38-26/h10-15,19,23,25H,3-9,16-18,20H2,1-2H3,(H,31,35)/t25-/m1/s1. The average molecular weight is 576 g/mol. The number of halogens is 1. The van der Waals surface area contributed by atoms with Crippen molar-refractivity contribution in [3.63, 3.8) is 0 Å². The zero-order valence-electron chi connectivity index (χ0n) is 23.1. The lowest BCUT2D eigenvalue weighted by Gasteiger charge is -2.32. The first-order chi connectivity index (χ1) is 19.2. The van der Waals surface area contributed by atoms with Crippen LogP contribution in [0.5, 0.6) is 11.5 Å². The van der Waals surface area contributed by atoms with E-state index in [0.717, 1.165) is 31.9 Å². The Kier molecular flexibility index (Phi) is 9.89. The van der Waals surface area contributed by atoms with E-state index in [9.17, 15) is 22.4 Å². The molecule has 0 bridgehead atoms. The van der Waals surface area contributed by atoms with E-state index in [0.29, 0.717) is 42.4 Å². The number of amides is 2. The van der Waals surface area contributed by atoms with Crippen molar-refractivity contribution < 1.29 is 31.9 Å². The lowest BCUT2D eigenvalue weighted by Crippen LogP contribution is -2.51. The van der Waals surface area contributed by atoms with Gasteiger partial charge in [-0.1, -0.05) is 31.9 Å². The van der Waals surface area contributed by atoms with Gasteiger partial charge in [0.2, 0.25) is 21.8 Å². The fraction of sp³-hybridized carbons (Fsp3) is 0.517. The molecule has 0 spiro atoms. The third-order valence-electron chi connectivity index (χ3n) is 7.32. The second-order valence-corrected chi connectivity index (χ2v) is 12.2. The predicted octanol–water partition coefficient (Wildman–Crippen LogP) is 4.01. The van der Waals surface area contributed by atoms with Crippen LogP contribution < -0.4 is 19.1 Å². The number of sulfonamides is 1. The Morgan fingerprint density at radius 1 is 1.05 bits per heavy atom. The molecule has 1 N–H and O–H groups in total. The van der Waals surface area contributed by atoms with Crippen molar-refractivity contribution in [3.05, 3.63) is 53.8 Å². The average Bonchev–Trinajstić information content (AvgIpc) is 3.44. The van der Waals surface area contributed by atoms with Crippen LogP contribution in [0.15, 0.2) is 42.5 Å². The summed E-state index contributed by atoms with van der Waals surface area (Å²) in [7, 11) is -3.65. The first-order valence-corrected chi connectivity index (χ1v) is 15.7. The van der Waals surface area contributed by atoms with Gasteiger partial charge in [0.05, 0.1) is 11.9 Å². The molecule has 1 aliphatic heterocycles. The summed E-state index contributed by atoms with van der Waals surface area (Å²) in [6.07, 6.45) is 5.79. The van der Waals surface area contributed by atoms with Crippen molar-refractivity contribution in [2.24, 2.45) is 0 Å². The Hall–Kier alpha value is -3.34. The number of carbonyl (C=O) groups excluding carboxylic acids is 2. The molecular weight excluding hydrogens is 537 g/mol. The van der Waals surface area contributed by atoms with Gasteiger partial charge in [0.15, 0.2) is 11.5 Å². The third-order valence-corrected chi connectivity index (χ3v) is 8.51. The van der Waals surface area contributed by atoms with Crippen LogP contribution in [0.4, 0.5) is 10.1 Å². The number of ether oxygens (including phenoxy) is 2. The zero-order valence-corrected chi connectivity index (χ0v) is 23.9. The number of rotatable bonds is 12. The molecule has 1 aliphatic carbocycles. The number of fused-ring (bicyclic) bond motifs is 1. The minimum atomic E-state index is -3.65. The Bertz CT molecular complexity index is 1280. The molecule has 1 heterocycles. The fourth-order valence-corrected chi connectivity index (χ4v) is 6.22. The maximum atomic E-state index is 13.6. The topological polar surface area (TPSA) is 105 Å². The highest BCUT2D eigenvalue weighted by molar-refractivity contribution is 7.92. The van der Waals surface area contributed by atoms with Crippen LogP contribution in [0.25, 0.3) is 0 Å². The lowest BCUT2D eigenvalue weighted by molar-refractivity contribution is -0.141. The maximum Gasteiger partial charge on any atom is 0.243 e. The minimum Gasteiger partial charge on any atom is -0.486 e. The molecule has 218 valence electrons. The number of nitrogens with one attached hydrogen (secondary N) is 1. The van der Waals surface area contributed by atoms with Gasteiger partial charge >= 0.3 is 0 Å². The van der Waals surface area contributed by atoms with Crippen molar-refractivity contribution in [1.29, 1.82) is 0 Å². The maximum absolute atomic E-state index is 13.6. The van der Waals surface area contributed by atoms with E-state index >= 15 is 0 Å². The van der Waals surface area contributed by atoms with Gasteiger partial charge in [-0.3, -0.25) is 13.9 Å². The largest absolute Gasteiger partial charge is 0.486 e. The normalized spacial score (nSPS) is 15.9. The Morgan fingerprint density at radius 3 is 2.38 bits per heavy atom. The minimum absolute atomic E-state index is 0.0327. The molecule has 2 aliphatic rings. The summed E-state index contributed by atoms with van der Waals surface area (Å²) in [5, 5.41) is 3.10. The summed E-state index contributed by atoms with van der Waals surface area (Å²) in [6, 6.07) is 10.2. The van der Waals surface area contributed by atoms with Gasteiger partial charge < -0.3 is 19.7 Å². The van der Waals surface area contributed by atoms with Gasteiger partial charge in [-0.15, -0.1) is 0 Å². The van der Waals surface area contributed by atoms with E-state index in [-0.39, 0.29) is 49.6 Å². The van der Waals surface area contributed by atoms with Crippen LogP contribution >= 0.6 is 0 Å². The molecule has 2 aromatic rings. The van der Waals surface area contributed by atoms with Crippen LogP contribution in [0.3, 0.4) is 0 Å². The quantitative estimate of drug-likeness (QED) is 0.410. The van der Waals surface area contributed by atoms with E-state index in [1.165, 1.54) is 21.3 Å². The van der Waals surface area contributed by atoms with Gasteiger partial charge in [0.1, 0.15) is 25.1 Å². The number of carbonyl (C=O) groups is 2. The van der Waals surface area contributed by atoms with E-state index < -0.39 is 16.1 Å². The van der Waals surface area contributed by atoms with Crippen LogP contribution in [-0.2, 0) is 26.2 Å². The number of hydrogen-bond acceptors (Lipinski definition) is 6. The Morgan fingerprint density at radius 2 is 1.73 bits per heavy atom. The van der Waals surface area contributed by atoms with Crippen LogP contribution in [0.1, 0.15) is 57.4 Å². The highest BCUT2D eigenvalue weighted by atomic mass is 32.2. The summed E-state index contributed by atoms with van der Waals surface area (Å²) in [5.41, 5.74) is 1.13. The Balaban J connectivity index is 1.48. The van der Waals surface area contributed by atoms with Gasteiger partial charge in [-0.05, 0) is 55.5 Å². The fourth-order valence-electron chi connectivity index (χ4n) is 5.26. The monoisotopic (exact) mass is 575 g/mol. The van der Waals surface area contributed by atoms with E-state index in [2.05, 4.69) is 5.32 Å². The summed E-state index contributed by atoms with van der Waals surface area (Å²) < 4.78 is 51.2. The first kappa shape index (κ1) is 29.6. The van der Waals surface area contributed by atoms with E-state index in [1.54, 1.807) is 30.3 Å². The van der Waals surface area contributed by atoms with Gasteiger partial charge in [-0.25, -0.2) is 12.8 Å². The highest BCUT2D eigenvalue weighted by Crippen LogP contribution is 2.35. The molecule has 0 aromatic heterocycles. The van der Waals surface area contributed by atoms with Crippen LogP contribution in [0, 0.1) is 5.82 Å². The van der Waals surface area contributed by atoms with Crippen LogP contribution in [0.2, 0.25) is 0 Å². The molecule has 1 fully saturated rings. The second kappa shape index (κ2) is 13.3. The summed E-state index contributed by atoms with van der Waals surface area (Å²) in [6.45, 7) is 2.88. The molecule has 4 rings (SSSR count). The first-order valence-electron chi connectivity index (χ1n) is 13.9. The van der Waals surface area contributed by atoms with Crippen LogP contribution in [-0.4, -0.2) is 63.2 Å². The smallest absolute Gasteiger partial charge is 0.243 e. The molecule has 40 heavy (non-hydrogen) atoms. The lowest BCUT2D eigenvalue weighted by atomic mass is 10.1. The van der Waals surface area contributed by atoms with Crippen molar-refractivity contribution in [2.45, 2.75) is 70.5 Å². The third kappa shape index (κ3) is 7.65. The highest BCUT2D eigenvalue weighted by Gasteiger charge is 2.31. The SMILES string of the molecule is CC[C@H](C(=O)NC1CCCC1)N(Cc1ccc(F)cc1)C(=O)CCCN(c1ccc2c(c1)OCCO2)S(C)(=O)=O. The zero-order chi connectivity index (χ0) is 28.7. The molecule has 11 heteroatoms.